The SMILES string of the molecule is CCCOc1nc(NCC)nc(NCCN(C)C2CC2)n1. The molecule has 2 N–H and O–H groups in total. The van der Waals surface area contributed by atoms with Gasteiger partial charge in [0.1, 0.15) is 0 Å². The van der Waals surface area contributed by atoms with Gasteiger partial charge in [-0.2, -0.15) is 15.0 Å². The van der Waals surface area contributed by atoms with E-state index in [-0.39, 0.29) is 0 Å². The maximum absolute atomic E-state index is 5.51. The Bertz CT molecular complexity index is 437. The number of anilines is 2. The van der Waals surface area contributed by atoms with Crippen molar-refractivity contribution in [2.45, 2.75) is 39.2 Å². The van der Waals surface area contributed by atoms with E-state index in [4.69, 9.17) is 4.74 Å². The minimum atomic E-state index is 0.376. The Kier molecular flexibility index (Phi) is 5.98. The molecule has 0 spiro atoms. The lowest BCUT2D eigenvalue weighted by Crippen LogP contribution is -2.27. The Morgan fingerprint density at radius 2 is 1.86 bits per heavy atom. The predicted octanol–water partition coefficient (Wildman–Crippen LogP) is 1.60. The zero-order valence-corrected chi connectivity index (χ0v) is 13.2. The van der Waals surface area contributed by atoms with E-state index in [9.17, 15) is 0 Å². The fourth-order valence-corrected chi connectivity index (χ4v) is 1.97. The van der Waals surface area contributed by atoms with Crippen LogP contribution in [0.5, 0.6) is 6.01 Å². The second-order valence-corrected chi connectivity index (χ2v) is 5.28. The molecule has 1 aromatic heterocycles. The van der Waals surface area contributed by atoms with Crippen molar-refractivity contribution in [3.05, 3.63) is 0 Å². The number of rotatable bonds is 10. The van der Waals surface area contributed by atoms with Crippen molar-refractivity contribution < 1.29 is 4.74 Å². The van der Waals surface area contributed by atoms with E-state index in [0.29, 0.717) is 24.5 Å². The first-order valence-corrected chi connectivity index (χ1v) is 7.79. The van der Waals surface area contributed by atoms with Gasteiger partial charge >= 0.3 is 6.01 Å². The average molecular weight is 294 g/mol. The first-order valence-electron chi connectivity index (χ1n) is 7.79. The van der Waals surface area contributed by atoms with Gasteiger partial charge in [-0.05, 0) is 33.2 Å². The first-order chi connectivity index (χ1) is 10.2. The van der Waals surface area contributed by atoms with Crippen molar-refractivity contribution in [2.75, 3.05) is 43.9 Å². The zero-order valence-electron chi connectivity index (χ0n) is 13.2. The molecule has 0 radical (unpaired) electrons. The molecule has 1 aliphatic carbocycles. The van der Waals surface area contributed by atoms with Crippen molar-refractivity contribution >= 4 is 11.9 Å². The van der Waals surface area contributed by atoms with E-state index < -0.39 is 0 Å². The summed E-state index contributed by atoms with van der Waals surface area (Å²) in [6.07, 6.45) is 3.57. The summed E-state index contributed by atoms with van der Waals surface area (Å²) in [7, 11) is 2.16. The second kappa shape index (κ2) is 7.97. The third kappa shape index (κ3) is 5.34. The molecule has 0 aromatic carbocycles. The van der Waals surface area contributed by atoms with Crippen molar-refractivity contribution in [1.82, 2.24) is 19.9 Å². The minimum absolute atomic E-state index is 0.376. The Hall–Kier alpha value is -1.63. The van der Waals surface area contributed by atoms with Crippen LogP contribution in [0.15, 0.2) is 0 Å². The molecule has 118 valence electrons. The average Bonchev–Trinajstić information content (AvgIpc) is 3.30. The largest absolute Gasteiger partial charge is 0.463 e. The molecule has 1 heterocycles. The molecule has 1 aromatic rings. The van der Waals surface area contributed by atoms with Crippen LogP contribution in [0.25, 0.3) is 0 Å². The molecule has 0 aliphatic heterocycles. The summed E-state index contributed by atoms with van der Waals surface area (Å²) in [5, 5.41) is 6.35. The van der Waals surface area contributed by atoms with Crippen molar-refractivity contribution in [3.8, 4) is 6.01 Å². The van der Waals surface area contributed by atoms with Crippen molar-refractivity contribution in [3.63, 3.8) is 0 Å². The van der Waals surface area contributed by atoms with Gasteiger partial charge in [0.2, 0.25) is 11.9 Å². The van der Waals surface area contributed by atoms with E-state index in [0.717, 1.165) is 32.1 Å². The zero-order chi connectivity index (χ0) is 15.1. The fraction of sp³-hybridized carbons (Fsp3) is 0.786. The lowest BCUT2D eigenvalue weighted by molar-refractivity contribution is 0.292. The molecule has 7 nitrogen and oxygen atoms in total. The maximum Gasteiger partial charge on any atom is 0.323 e. The van der Waals surface area contributed by atoms with E-state index in [1.165, 1.54) is 12.8 Å². The second-order valence-electron chi connectivity index (χ2n) is 5.28. The van der Waals surface area contributed by atoms with Gasteiger partial charge in [0, 0.05) is 25.7 Å². The Morgan fingerprint density at radius 3 is 2.48 bits per heavy atom. The Morgan fingerprint density at radius 1 is 1.14 bits per heavy atom. The summed E-state index contributed by atoms with van der Waals surface area (Å²) in [6.45, 7) is 7.24. The summed E-state index contributed by atoms with van der Waals surface area (Å²) in [6, 6.07) is 1.15. The molecule has 0 bridgehead atoms. The molecule has 0 unspecified atom stereocenters. The molecule has 0 saturated heterocycles. The Balaban J connectivity index is 1.90. The van der Waals surface area contributed by atoms with Crippen molar-refractivity contribution in [2.24, 2.45) is 0 Å². The van der Waals surface area contributed by atoms with Crippen LogP contribution in [0.2, 0.25) is 0 Å². The highest BCUT2D eigenvalue weighted by Crippen LogP contribution is 2.24. The Labute approximate surface area is 126 Å². The molecular weight excluding hydrogens is 268 g/mol. The lowest BCUT2D eigenvalue weighted by Gasteiger charge is -2.16. The lowest BCUT2D eigenvalue weighted by atomic mass is 10.5. The molecule has 1 aliphatic rings. The quantitative estimate of drug-likeness (QED) is 0.679. The molecule has 21 heavy (non-hydrogen) atoms. The molecule has 7 heteroatoms. The van der Waals surface area contributed by atoms with Gasteiger partial charge < -0.3 is 20.3 Å². The maximum atomic E-state index is 5.51. The standard InChI is InChI=1S/C14H26N6O/c1-4-10-21-14-18-12(15-5-2)17-13(19-14)16-8-9-20(3)11-6-7-11/h11H,4-10H2,1-3H3,(H2,15,16,17,18,19). The van der Waals surface area contributed by atoms with Crippen LogP contribution in [-0.2, 0) is 0 Å². The van der Waals surface area contributed by atoms with Gasteiger partial charge in [-0.15, -0.1) is 0 Å². The van der Waals surface area contributed by atoms with E-state index in [1.54, 1.807) is 0 Å². The number of hydrogen-bond donors (Lipinski definition) is 2. The molecule has 1 fully saturated rings. The van der Waals surface area contributed by atoms with Crippen LogP contribution in [0.4, 0.5) is 11.9 Å². The van der Waals surface area contributed by atoms with E-state index >= 15 is 0 Å². The summed E-state index contributed by atoms with van der Waals surface area (Å²) in [5.41, 5.74) is 0. The monoisotopic (exact) mass is 294 g/mol. The molecular formula is C14H26N6O. The van der Waals surface area contributed by atoms with Crippen LogP contribution < -0.4 is 15.4 Å². The van der Waals surface area contributed by atoms with Gasteiger partial charge in [0.15, 0.2) is 0 Å². The van der Waals surface area contributed by atoms with Gasteiger partial charge in [0.05, 0.1) is 6.61 Å². The van der Waals surface area contributed by atoms with Crippen molar-refractivity contribution in [1.29, 1.82) is 0 Å². The van der Waals surface area contributed by atoms with Crippen LogP contribution in [-0.4, -0.2) is 59.2 Å². The van der Waals surface area contributed by atoms with E-state index in [1.807, 2.05) is 6.92 Å². The first kappa shape index (κ1) is 15.8. The van der Waals surface area contributed by atoms with Crippen LogP contribution >= 0.6 is 0 Å². The number of likely N-dealkylation sites (N-methyl/N-ethyl adjacent to an activating group) is 1. The van der Waals surface area contributed by atoms with Gasteiger partial charge in [-0.25, -0.2) is 0 Å². The van der Waals surface area contributed by atoms with Gasteiger partial charge in [-0.3, -0.25) is 0 Å². The molecule has 1 saturated carbocycles. The third-order valence-corrected chi connectivity index (χ3v) is 3.30. The van der Waals surface area contributed by atoms with Gasteiger partial charge in [0.25, 0.3) is 0 Å². The van der Waals surface area contributed by atoms with Crippen LogP contribution in [0.3, 0.4) is 0 Å². The molecule has 2 rings (SSSR count). The van der Waals surface area contributed by atoms with Gasteiger partial charge in [-0.1, -0.05) is 6.92 Å². The molecule has 0 amide bonds. The summed E-state index contributed by atoms with van der Waals surface area (Å²) >= 11 is 0. The minimum Gasteiger partial charge on any atom is -0.463 e. The number of hydrogen-bond acceptors (Lipinski definition) is 7. The van der Waals surface area contributed by atoms with Crippen LogP contribution in [0, 0.1) is 0 Å². The normalized spacial score (nSPS) is 14.3. The number of nitrogens with zero attached hydrogens (tertiary/aromatic N) is 4. The highest BCUT2D eigenvalue weighted by molar-refractivity contribution is 5.35. The number of ether oxygens (including phenoxy) is 1. The summed E-state index contributed by atoms with van der Waals surface area (Å²) in [4.78, 5) is 15.2. The highest BCUT2D eigenvalue weighted by atomic mass is 16.5. The highest BCUT2D eigenvalue weighted by Gasteiger charge is 2.25. The topological polar surface area (TPSA) is 75.2 Å². The third-order valence-electron chi connectivity index (χ3n) is 3.30. The van der Waals surface area contributed by atoms with E-state index in [2.05, 4.69) is 44.5 Å². The number of nitrogens with one attached hydrogen (secondary N) is 2. The summed E-state index contributed by atoms with van der Waals surface area (Å²) < 4.78 is 5.51. The van der Waals surface area contributed by atoms with Crippen LogP contribution in [0.1, 0.15) is 33.1 Å². The molecule has 0 atom stereocenters. The fourth-order valence-electron chi connectivity index (χ4n) is 1.97. The smallest absolute Gasteiger partial charge is 0.323 e. The summed E-state index contributed by atoms with van der Waals surface area (Å²) in [5.74, 6) is 1.12. The predicted molar refractivity (Wildman–Crippen MR) is 83.9 cm³/mol. The number of aromatic nitrogens is 3.